The van der Waals surface area contributed by atoms with Crippen LogP contribution < -0.4 is 10.6 Å². The first-order valence-corrected chi connectivity index (χ1v) is 12.4. The molecule has 2 heterocycles. The van der Waals surface area contributed by atoms with Gasteiger partial charge < -0.3 is 10.6 Å². The lowest BCUT2D eigenvalue weighted by molar-refractivity contribution is -0.119. The molecule has 2 amide bonds. The maximum atomic E-state index is 13.5. The highest BCUT2D eigenvalue weighted by molar-refractivity contribution is 6.00. The van der Waals surface area contributed by atoms with Crippen molar-refractivity contribution in [3.63, 3.8) is 0 Å². The van der Waals surface area contributed by atoms with Gasteiger partial charge >= 0.3 is 0 Å². The quantitative estimate of drug-likeness (QED) is 0.467. The molecule has 0 saturated heterocycles. The van der Waals surface area contributed by atoms with Crippen LogP contribution in [0.3, 0.4) is 0 Å². The number of amides is 2. The van der Waals surface area contributed by atoms with Crippen molar-refractivity contribution in [1.29, 1.82) is 0 Å². The van der Waals surface area contributed by atoms with Crippen molar-refractivity contribution >= 4 is 17.5 Å². The number of carbonyl (C=O) groups is 2. The minimum Gasteiger partial charge on any atom is -0.339 e. The predicted molar refractivity (Wildman–Crippen MR) is 137 cm³/mol. The largest absolute Gasteiger partial charge is 0.339 e. The first-order valence-electron chi connectivity index (χ1n) is 12.4. The van der Waals surface area contributed by atoms with E-state index in [1.54, 1.807) is 16.9 Å². The number of carbonyl (C=O) groups excluding carboxylic acids is 2. The van der Waals surface area contributed by atoms with E-state index in [0.29, 0.717) is 11.4 Å². The fraction of sp³-hybridized carbons (Fsp3) is 0.481. The summed E-state index contributed by atoms with van der Waals surface area (Å²) in [4.78, 5) is 26.7. The van der Waals surface area contributed by atoms with Crippen LogP contribution >= 0.6 is 0 Å². The number of aromatic amines is 1. The second-order valence-electron chi connectivity index (χ2n) is 10.5. The fourth-order valence-corrected chi connectivity index (χ4v) is 5.01. The molecule has 1 aliphatic carbocycles. The Kier molecular flexibility index (Phi) is 7.10. The van der Waals surface area contributed by atoms with E-state index in [1.165, 1.54) is 6.42 Å². The van der Waals surface area contributed by atoms with E-state index in [4.69, 9.17) is 0 Å². The van der Waals surface area contributed by atoms with Gasteiger partial charge in [-0.15, -0.1) is 0 Å². The minimum atomic E-state index is -0.607. The fourth-order valence-electron chi connectivity index (χ4n) is 5.01. The molecule has 1 saturated carbocycles. The highest BCUT2D eigenvalue weighted by Gasteiger charge is 2.33. The Labute approximate surface area is 206 Å². The van der Waals surface area contributed by atoms with Gasteiger partial charge in [-0.2, -0.15) is 10.2 Å². The highest BCUT2D eigenvalue weighted by atomic mass is 16.2. The number of hydrogen-bond donors (Lipinski definition) is 3. The van der Waals surface area contributed by atoms with E-state index in [1.807, 2.05) is 58.9 Å². The van der Waals surface area contributed by atoms with Gasteiger partial charge in [0.2, 0.25) is 5.91 Å². The molecule has 0 radical (unpaired) electrons. The van der Waals surface area contributed by atoms with E-state index >= 15 is 0 Å². The number of anilines is 1. The van der Waals surface area contributed by atoms with Gasteiger partial charge in [0, 0.05) is 23.1 Å². The molecule has 0 spiro atoms. The van der Waals surface area contributed by atoms with Crippen LogP contribution in [-0.2, 0) is 10.3 Å². The summed E-state index contributed by atoms with van der Waals surface area (Å²) in [5.74, 6) is -0.353. The average molecular weight is 477 g/mol. The molecule has 0 aliphatic heterocycles. The number of aromatic nitrogens is 4. The normalized spacial score (nSPS) is 15.6. The summed E-state index contributed by atoms with van der Waals surface area (Å²) < 4.78 is 1.71. The summed E-state index contributed by atoms with van der Waals surface area (Å²) in [5.41, 5.74) is 4.88. The molecule has 1 aliphatic rings. The third-order valence-electron chi connectivity index (χ3n) is 6.77. The number of aryl methyl sites for hydroxylation is 2. The predicted octanol–water partition coefficient (Wildman–Crippen LogP) is 4.96. The molecule has 3 aromatic rings. The van der Waals surface area contributed by atoms with E-state index in [9.17, 15) is 9.59 Å². The van der Waals surface area contributed by atoms with E-state index in [2.05, 4.69) is 25.9 Å². The third-order valence-corrected chi connectivity index (χ3v) is 6.77. The molecule has 1 aromatic carbocycles. The molecule has 1 atom stereocenters. The Bertz CT molecular complexity index is 1160. The molecule has 8 nitrogen and oxygen atoms in total. The summed E-state index contributed by atoms with van der Waals surface area (Å²) in [6.07, 6.45) is 6.79. The van der Waals surface area contributed by atoms with Crippen molar-refractivity contribution in [2.45, 2.75) is 78.3 Å². The van der Waals surface area contributed by atoms with Crippen molar-refractivity contribution in [1.82, 2.24) is 25.3 Å². The number of benzene rings is 1. The van der Waals surface area contributed by atoms with E-state index in [0.717, 1.165) is 48.2 Å². The minimum absolute atomic E-state index is 0.106. The maximum Gasteiger partial charge on any atom is 0.270 e. The first kappa shape index (κ1) is 24.7. The Morgan fingerprint density at radius 3 is 2.34 bits per heavy atom. The van der Waals surface area contributed by atoms with Crippen LogP contribution in [-0.4, -0.2) is 37.8 Å². The van der Waals surface area contributed by atoms with Gasteiger partial charge in [0.1, 0.15) is 11.7 Å². The average Bonchev–Trinajstić information content (AvgIpc) is 3.45. The lowest BCUT2D eigenvalue weighted by atomic mass is 9.83. The standard InChI is InChI=1S/C27H36N6O2/c1-17-23(18(2)32-31-17)19-11-13-21(14-12-19)29-26(35)24(20-9-7-6-8-10-20)30-25(34)22-15-16-28-33(22)27(3,4)5/h11-16,20,24H,6-10H2,1-5H3,(H,29,35)(H,30,34)(H,31,32)/t24-/m0/s1. The van der Waals surface area contributed by atoms with Crippen molar-refractivity contribution in [3.05, 3.63) is 53.6 Å². The number of H-pyrrole nitrogens is 1. The topological polar surface area (TPSA) is 105 Å². The number of nitrogens with one attached hydrogen (secondary N) is 3. The van der Waals surface area contributed by atoms with Gasteiger partial charge in [0.05, 0.1) is 11.2 Å². The van der Waals surface area contributed by atoms with Gasteiger partial charge in [-0.3, -0.25) is 19.4 Å². The second kappa shape index (κ2) is 10.1. The van der Waals surface area contributed by atoms with Crippen LogP contribution in [0.15, 0.2) is 36.5 Å². The zero-order valence-corrected chi connectivity index (χ0v) is 21.3. The molecule has 4 rings (SSSR count). The molecule has 3 N–H and O–H groups in total. The summed E-state index contributed by atoms with van der Waals surface area (Å²) in [6, 6.07) is 8.85. The van der Waals surface area contributed by atoms with Crippen LogP contribution in [0.1, 0.15) is 74.8 Å². The van der Waals surface area contributed by atoms with Crippen molar-refractivity contribution in [2.75, 3.05) is 5.32 Å². The Morgan fingerprint density at radius 2 is 1.74 bits per heavy atom. The lowest BCUT2D eigenvalue weighted by Gasteiger charge is -2.30. The maximum absolute atomic E-state index is 13.5. The molecule has 8 heteroatoms. The number of rotatable bonds is 6. The molecule has 35 heavy (non-hydrogen) atoms. The number of nitrogens with zero attached hydrogens (tertiary/aromatic N) is 3. The Morgan fingerprint density at radius 1 is 1.06 bits per heavy atom. The van der Waals surface area contributed by atoms with Crippen molar-refractivity contribution in [3.8, 4) is 11.1 Å². The van der Waals surface area contributed by atoms with Crippen LogP contribution in [0.4, 0.5) is 5.69 Å². The van der Waals surface area contributed by atoms with Gasteiger partial charge in [-0.25, -0.2) is 0 Å². The van der Waals surface area contributed by atoms with Crippen molar-refractivity contribution < 1.29 is 9.59 Å². The molecule has 1 fully saturated rings. The van der Waals surface area contributed by atoms with E-state index in [-0.39, 0.29) is 23.3 Å². The Balaban J connectivity index is 1.52. The molecule has 186 valence electrons. The molecular weight excluding hydrogens is 440 g/mol. The molecule has 2 aromatic heterocycles. The van der Waals surface area contributed by atoms with Gasteiger partial charge in [-0.1, -0.05) is 31.4 Å². The molecule has 0 bridgehead atoms. The van der Waals surface area contributed by atoms with Gasteiger partial charge in [-0.05, 0) is 77.1 Å². The Hall–Kier alpha value is -3.42. The SMILES string of the molecule is Cc1n[nH]c(C)c1-c1ccc(NC(=O)[C@@H](NC(=O)c2ccnn2C(C)(C)C)C2CCCCC2)cc1. The smallest absolute Gasteiger partial charge is 0.270 e. The summed E-state index contributed by atoms with van der Waals surface area (Å²) >= 11 is 0. The van der Waals surface area contributed by atoms with Gasteiger partial charge in [0.25, 0.3) is 5.91 Å². The first-order chi connectivity index (χ1) is 16.6. The van der Waals surface area contributed by atoms with Crippen LogP contribution in [0.25, 0.3) is 11.1 Å². The molecular formula is C27H36N6O2. The zero-order chi connectivity index (χ0) is 25.2. The second-order valence-corrected chi connectivity index (χ2v) is 10.5. The van der Waals surface area contributed by atoms with Crippen LogP contribution in [0, 0.1) is 19.8 Å². The summed E-state index contributed by atoms with van der Waals surface area (Å²) in [6.45, 7) is 9.96. The summed E-state index contributed by atoms with van der Waals surface area (Å²) in [7, 11) is 0. The van der Waals surface area contributed by atoms with E-state index < -0.39 is 6.04 Å². The monoisotopic (exact) mass is 476 g/mol. The van der Waals surface area contributed by atoms with Crippen molar-refractivity contribution in [2.24, 2.45) is 5.92 Å². The lowest BCUT2D eigenvalue weighted by Crippen LogP contribution is -2.49. The molecule has 0 unspecified atom stereocenters. The zero-order valence-electron chi connectivity index (χ0n) is 21.3. The summed E-state index contributed by atoms with van der Waals surface area (Å²) in [5, 5.41) is 17.7. The van der Waals surface area contributed by atoms with Crippen LogP contribution in [0.2, 0.25) is 0 Å². The number of hydrogen-bond acceptors (Lipinski definition) is 4. The highest BCUT2D eigenvalue weighted by Crippen LogP contribution is 2.29. The van der Waals surface area contributed by atoms with Gasteiger partial charge in [0.15, 0.2) is 0 Å². The van der Waals surface area contributed by atoms with Crippen LogP contribution in [0.5, 0.6) is 0 Å². The third kappa shape index (κ3) is 5.47.